The third-order valence-electron chi connectivity index (χ3n) is 13.2. The molecule has 2 aliphatic carbocycles. The van der Waals surface area contributed by atoms with Gasteiger partial charge in [0, 0.05) is 48.7 Å². The van der Waals surface area contributed by atoms with Crippen molar-refractivity contribution in [1.82, 2.24) is 9.62 Å². The Labute approximate surface area is 337 Å². The summed E-state index contributed by atoms with van der Waals surface area (Å²) in [6, 6.07) is 11.3. The summed E-state index contributed by atoms with van der Waals surface area (Å²) >= 11 is 6.40. The van der Waals surface area contributed by atoms with E-state index in [0.29, 0.717) is 36.9 Å². The smallest absolute Gasteiger partial charge is 0.264 e. The standard InChI is InChI=1S/C34H41ClN2O6S.C9H17NO2/c1-22-6-4-15-34(20-38,42-3)29-11-8-26(29)18-37-19-33(14-5-7-24-16-27(35)10-12-28(24)33)21-43-31-13-9-25(17-30(31)37)32(39)36-44(40,41)23(22)2;1-2-4-10(5-3-1)8-9-11-6-7-12-9/h4,9-10,12-13,15-17,20,22-23,26,29H,5-8,11,14,18-19,21H2,1-3H3,(H,36,39);9H,1-8H2/b15-4+;/t22-,23+,26-,29+,33-,34+;/m0./s1. The topological polar surface area (TPSA) is 124 Å². The van der Waals surface area contributed by atoms with Crippen LogP contribution < -0.4 is 14.4 Å². The summed E-state index contributed by atoms with van der Waals surface area (Å²) in [5.74, 6) is -0.203. The van der Waals surface area contributed by atoms with Crippen molar-refractivity contribution in [2.24, 2.45) is 17.8 Å². The van der Waals surface area contributed by atoms with Crippen LogP contribution in [0.3, 0.4) is 0 Å². The molecule has 11 nitrogen and oxygen atoms in total. The molecule has 2 saturated heterocycles. The molecule has 306 valence electrons. The Morgan fingerprint density at radius 3 is 2.54 bits per heavy atom. The number of hydrogen-bond donors (Lipinski definition) is 1. The van der Waals surface area contributed by atoms with Crippen LogP contribution >= 0.6 is 11.6 Å². The minimum absolute atomic E-state index is 0.0434. The molecule has 6 atom stereocenters. The van der Waals surface area contributed by atoms with E-state index in [-0.39, 0.29) is 35.0 Å². The molecule has 1 spiro atoms. The molecule has 56 heavy (non-hydrogen) atoms. The van der Waals surface area contributed by atoms with Gasteiger partial charge in [-0.05, 0) is 131 Å². The number of anilines is 1. The second kappa shape index (κ2) is 17.5. The number of allylic oxidation sites excluding steroid dienone is 1. The number of methoxy groups -OCH3 is 1. The maximum atomic E-state index is 13.4. The highest BCUT2D eigenvalue weighted by atomic mass is 35.5. The van der Waals surface area contributed by atoms with Crippen LogP contribution in [0.4, 0.5) is 5.69 Å². The Balaban J connectivity index is 0.000000339. The zero-order chi connectivity index (χ0) is 39.5. The second-order valence-corrected chi connectivity index (χ2v) is 19.2. The Morgan fingerprint density at radius 1 is 1.04 bits per heavy atom. The van der Waals surface area contributed by atoms with E-state index in [1.807, 2.05) is 25.1 Å². The Bertz CT molecular complexity index is 1860. The molecule has 3 fully saturated rings. The highest BCUT2D eigenvalue weighted by Crippen LogP contribution is 2.48. The number of piperidine rings is 1. The molecule has 0 radical (unpaired) electrons. The third kappa shape index (κ3) is 8.71. The number of carbonyl (C=O) groups excluding carboxylic acids is 2. The summed E-state index contributed by atoms with van der Waals surface area (Å²) < 4.78 is 52.1. The number of fused-ring (bicyclic) bond motifs is 4. The first kappa shape index (κ1) is 41.2. The van der Waals surface area contributed by atoms with Crippen LogP contribution in [-0.2, 0) is 40.9 Å². The SMILES string of the molecule is C1CCN(CC2OCCO2)CC1.CO[C@@]1(C=O)/C=C/C[C@H](C)[C@@H](C)S(=O)(=O)NC(=O)c2ccc3c(c2)N(C[C@@H]2CC[C@H]21)C[C@@]1(CCCc2cc(Cl)ccc21)CO3. The molecule has 2 bridgehead atoms. The first-order valence-electron chi connectivity index (χ1n) is 20.5. The molecule has 2 aromatic carbocycles. The van der Waals surface area contributed by atoms with Crippen LogP contribution in [0.1, 0.15) is 86.7 Å². The maximum Gasteiger partial charge on any atom is 0.264 e. The number of aldehydes is 1. The Morgan fingerprint density at radius 2 is 1.82 bits per heavy atom. The fraction of sp³-hybridized carbons (Fsp3) is 0.628. The van der Waals surface area contributed by atoms with Crippen LogP contribution in [0, 0.1) is 17.8 Å². The highest BCUT2D eigenvalue weighted by molar-refractivity contribution is 7.90. The average molecular weight is 812 g/mol. The molecule has 6 aliphatic rings. The van der Waals surface area contributed by atoms with Gasteiger partial charge >= 0.3 is 0 Å². The summed E-state index contributed by atoms with van der Waals surface area (Å²) in [6.07, 6.45) is 13.8. The molecule has 4 aliphatic heterocycles. The van der Waals surface area contributed by atoms with Gasteiger partial charge in [0.15, 0.2) is 12.6 Å². The van der Waals surface area contributed by atoms with E-state index in [0.717, 1.165) is 63.8 Å². The molecule has 1 amide bonds. The lowest BCUT2D eigenvalue weighted by molar-refractivity contribution is -0.135. The number of benzene rings is 2. The lowest BCUT2D eigenvalue weighted by Gasteiger charge is -2.48. The van der Waals surface area contributed by atoms with Gasteiger partial charge in [0.1, 0.15) is 11.4 Å². The van der Waals surface area contributed by atoms with E-state index in [9.17, 15) is 18.0 Å². The number of aryl methyl sites for hydroxylation is 1. The van der Waals surface area contributed by atoms with Crippen molar-refractivity contribution in [2.75, 3.05) is 64.6 Å². The van der Waals surface area contributed by atoms with Gasteiger partial charge in [-0.1, -0.05) is 37.1 Å². The third-order valence-corrected chi connectivity index (χ3v) is 15.4. The fourth-order valence-corrected chi connectivity index (χ4v) is 11.0. The van der Waals surface area contributed by atoms with Gasteiger partial charge in [0.05, 0.1) is 30.8 Å². The number of likely N-dealkylation sites (tertiary alicyclic amines) is 1. The molecule has 2 aromatic rings. The molecule has 8 rings (SSSR count). The number of carbonyl (C=O) groups is 2. The zero-order valence-corrected chi connectivity index (χ0v) is 34.6. The molecular weight excluding hydrogens is 754 g/mol. The molecule has 1 N–H and O–H groups in total. The van der Waals surface area contributed by atoms with Crippen molar-refractivity contribution in [1.29, 1.82) is 0 Å². The maximum absolute atomic E-state index is 13.4. The monoisotopic (exact) mass is 811 g/mol. The van der Waals surface area contributed by atoms with Gasteiger partial charge in [0.25, 0.3) is 5.91 Å². The number of halogens is 1. The summed E-state index contributed by atoms with van der Waals surface area (Å²) in [6.45, 7) is 10.1. The summed E-state index contributed by atoms with van der Waals surface area (Å²) in [7, 11) is -2.41. The summed E-state index contributed by atoms with van der Waals surface area (Å²) in [5.41, 5.74) is 2.05. The van der Waals surface area contributed by atoms with Crippen LogP contribution in [0.2, 0.25) is 5.02 Å². The summed E-state index contributed by atoms with van der Waals surface area (Å²) in [4.78, 5) is 30.8. The van der Waals surface area contributed by atoms with Gasteiger partial charge in [-0.2, -0.15) is 0 Å². The van der Waals surface area contributed by atoms with Gasteiger partial charge in [-0.25, -0.2) is 13.1 Å². The molecule has 4 heterocycles. The van der Waals surface area contributed by atoms with E-state index in [2.05, 4.69) is 26.7 Å². The van der Waals surface area contributed by atoms with Crippen molar-refractivity contribution < 1.29 is 37.0 Å². The minimum Gasteiger partial charge on any atom is -0.490 e. The van der Waals surface area contributed by atoms with Crippen LogP contribution in [0.25, 0.3) is 0 Å². The van der Waals surface area contributed by atoms with Crippen LogP contribution in [-0.4, -0.2) is 102 Å². The van der Waals surface area contributed by atoms with E-state index < -0.39 is 26.8 Å². The first-order chi connectivity index (χ1) is 27.0. The normalized spacial score (nSPS) is 32.6. The van der Waals surface area contributed by atoms with Crippen molar-refractivity contribution >= 4 is 39.5 Å². The molecule has 13 heteroatoms. The van der Waals surface area contributed by atoms with Crippen molar-refractivity contribution in [3.05, 3.63) is 70.3 Å². The quantitative estimate of drug-likeness (QED) is 0.278. The van der Waals surface area contributed by atoms with Gasteiger partial charge in [-0.15, -0.1) is 0 Å². The summed E-state index contributed by atoms with van der Waals surface area (Å²) in [5, 5.41) is -0.123. The molecule has 1 saturated carbocycles. The minimum atomic E-state index is -3.97. The fourth-order valence-electron chi connectivity index (χ4n) is 9.55. The van der Waals surface area contributed by atoms with E-state index >= 15 is 0 Å². The average Bonchev–Trinajstić information content (AvgIpc) is 3.65. The Hall–Kier alpha value is -3.00. The van der Waals surface area contributed by atoms with Crippen LogP contribution in [0.5, 0.6) is 5.75 Å². The first-order valence-corrected chi connectivity index (χ1v) is 22.4. The largest absolute Gasteiger partial charge is 0.490 e. The number of ether oxygens (including phenoxy) is 4. The van der Waals surface area contributed by atoms with Gasteiger partial charge < -0.3 is 23.8 Å². The van der Waals surface area contributed by atoms with Crippen molar-refractivity contribution in [2.45, 2.75) is 94.2 Å². The second-order valence-electron chi connectivity index (χ2n) is 16.7. The lowest BCUT2D eigenvalue weighted by Crippen LogP contribution is -2.53. The molecule has 0 aromatic heterocycles. The highest BCUT2D eigenvalue weighted by Gasteiger charge is 2.49. The van der Waals surface area contributed by atoms with E-state index in [1.54, 1.807) is 32.2 Å². The molecule has 0 unspecified atom stereocenters. The van der Waals surface area contributed by atoms with E-state index in [1.165, 1.54) is 43.5 Å². The number of amides is 1. The Kier molecular flexibility index (Phi) is 12.8. The molecular formula is C43H58ClN3O8S. The predicted molar refractivity (Wildman–Crippen MR) is 217 cm³/mol. The van der Waals surface area contributed by atoms with Crippen molar-refractivity contribution in [3.8, 4) is 5.75 Å². The number of rotatable bonds is 4. The van der Waals surface area contributed by atoms with Crippen molar-refractivity contribution in [3.63, 3.8) is 0 Å². The number of sulfonamides is 1. The lowest BCUT2D eigenvalue weighted by atomic mass is 9.64. The van der Waals surface area contributed by atoms with Gasteiger partial charge in [-0.3, -0.25) is 14.5 Å². The van der Waals surface area contributed by atoms with Gasteiger partial charge in [0.2, 0.25) is 10.0 Å². The number of hydrogen-bond acceptors (Lipinski definition) is 10. The zero-order valence-electron chi connectivity index (χ0n) is 33.1. The van der Waals surface area contributed by atoms with E-state index in [4.69, 9.17) is 30.5 Å². The number of nitrogens with zero attached hydrogens (tertiary/aromatic N) is 2. The van der Waals surface area contributed by atoms with Crippen LogP contribution in [0.15, 0.2) is 48.6 Å². The predicted octanol–water partition coefficient (Wildman–Crippen LogP) is 6.31. The number of nitrogens with one attached hydrogen (secondary N) is 1.